The number of carbonyl (C=O) groups excluding carboxylic acids is 1. The highest BCUT2D eigenvalue weighted by Crippen LogP contribution is 2.42. The van der Waals surface area contributed by atoms with Gasteiger partial charge in [-0.25, -0.2) is 0 Å². The Morgan fingerprint density at radius 1 is 1.00 bits per heavy atom. The number of hydrogen-bond donors (Lipinski definition) is 1. The van der Waals surface area contributed by atoms with Crippen molar-refractivity contribution in [1.82, 2.24) is 0 Å². The summed E-state index contributed by atoms with van der Waals surface area (Å²) < 4.78 is 19.3. The second-order valence-corrected chi connectivity index (χ2v) is 22.5. The zero-order valence-electron chi connectivity index (χ0n) is 23.1. The van der Waals surface area contributed by atoms with Gasteiger partial charge in [0.15, 0.2) is 22.7 Å². The van der Waals surface area contributed by atoms with Crippen LogP contribution < -0.4 is 0 Å². The molecule has 188 valence electrons. The lowest BCUT2D eigenvalue weighted by atomic mass is 9.87. The Bertz CT molecular complexity index is 683. The Balaban J connectivity index is 3.38. The molecule has 1 aliphatic heterocycles. The molecule has 1 saturated heterocycles. The maximum atomic E-state index is 13.2. The molecule has 0 radical (unpaired) electrons. The lowest BCUT2D eigenvalue weighted by Gasteiger charge is -2.43. The van der Waals surface area contributed by atoms with Gasteiger partial charge >= 0.3 is 5.97 Å². The number of aliphatic hydroxyl groups is 1. The summed E-state index contributed by atoms with van der Waals surface area (Å²) in [5, 5.41) is 11.5. The van der Waals surface area contributed by atoms with Crippen molar-refractivity contribution in [3.05, 3.63) is 11.6 Å². The van der Waals surface area contributed by atoms with Gasteiger partial charge in [-0.3, -0.25) is 4.79 Å². The smallest absolute Gasteiger partial charge is 0.311 e. The minimum Gasteiger partial charge on any atom is -0.456 e. The van der Waals surface area contributed by atoms with Crippen molar-refractivity contribution in [2.24, 2.45) is 11.8 Å². The first-order chi connectivity index (χ1) is 14.1. The van der Waals surface area contributed by atoms with Gasteiger partial charge in [-0.05, 0) is 57.0 Å². The van der Waals surface area contributed by atoms with E-state index in [1.807, 2.05) is 33.8 Å². The molecule has 0 spiro atoms. The van der Waals surface area contributed by atoms with Crippen LogP contribution in [0.25, 0.3) is 0 Å². The van der Waals surface area contributed by atoms with Gasteiger partial charge in [0.2, 0.25) is 0 Å². The molecule has 0 bridgehead atoms. The van der Waals surface area contributed by atoms with E-state index in [-0.39, 0.29) is 22.0 Å². The molecule has 0 aromatic carbocycles. The van der Waals surface area contributed by atoms with Crippen molar-refractivity contribution in [3.8, 4) is 0 Å². The predicted octanol–water partition coefficient (Wildman–Crippen LogP) is 6.29. The molecule has 7 heteroatoms. The number of allylic oxidation sites excluding steroid dienone is 1. The molecule has 0 aromatic rings. The third-order valence-electron chi connectivity index (χ3n) is 7.81. The summed E-state index contributed by atoms with van der Waals surface area (Å²) in [5.41, 5.74) is 1.07. The molecule has 1 aliphatic rings. The highest BCUT2D eigenvalue weighted by molar-refractivity contribution is 6.74. The number of hydrogen-bond acceptors (Lipinski definition) is 5. The van der Waals surface area contributed by atoms with E-state index in [1.54, 1.807) is 0 Å². The molecule has 1 unspecified atom stereocenters. The van der Waals surface area contributed by atoms with Crippen LogP contribution in [-0.2, 0) is 18.4 Å². The summed E-state index contributed by atoms with van der Waals surface area (Å²) in [6.45, 7) is 29.6. The molecule has 6 atom stereocenters. The highest BCUT2D eigenvalue weighted by Gasteiger charge is 2.50. The Labute approximate surface area is 199 Å². The van der Waals surface area contributed by atoms with Crippen LogP contribution in [-0.4, -0.2) is 52.1 Å². The summed E-state index contributed by atoms with van der Waals surface area (Å²) >= 11 is 0. The van der Waals surface area contributed by atoms with E-state index >= 15 is 0 Å². The van der Waals surface area contributed by atoms with Crippen molar-refractivity contribution in [3.63, 3.8) is 0 Å². The maximum Gasteiger partial charge on any atom is 0.311 e. The van der Waals surface area contributed by atoms with Gasteiger partial charge in [0.05, 0.1) is 18.1 Å². The normalized spacial score (nSPS) is 29.2. The van der Waals surface area contributed by atoms with Crippen LogP contribution in [0.2, 0.25) is 36.3 Å². The van der Waals surface area contributed by atoms with Gasteiger partial charge < -0.3 is 18.7 Å². The number of carbonyl (C=O) groups is 1. The van der Waals surface area contributed by atoms with Crippen molar-refractivity contribution in [1.29, 1.82) is 0 Å². The van der Waals surface area contributed by atoms with Crippen molar-refractivity contribution in [2.45, 2.75) is 130 Å². The first-order valence-corrected chi connectivity index (χ1v) is 17.8. The van der Waals surface area contributed by atoms with Gasteiger partial charge in [0.1, 0.15) is 6.10 Å². The summed E-state index contributed by atoms with van der Waals surface area (Å²) in [5.74, 6) is -1.06. The predicted molar refractivity (Wildman–Crippen MR) is 138 cm³/mol. The number of ether oxygens (including phenoxy) is 1. The van der Waals surface area contributed by atoms with Crippen LogP contribution in [0.1, 0.15) is 69.2 Å². The summed E-state index contributed by atoms with van der Waals surface area (Å²) in [6.07, 6.45) is -0.556. The first-order valence-electron chi connectivity index (χ1n) is 12.0. The summed E-state index contributed by atoms with van der Waals surface area (Å²) in [4.78, 5) is 13.2. The molecule has 1 rings (SSSR count). The molecular weight excluding hydrogens is 436 g/mol. The Kier molecular flexibility index (Phi) is 9.26. The second kappa shape index (κ2) is 10.0. The summed E-state index contributed by atoms with van der Waals surface area (Å²) in [6, 6.07) is 0. The minimum atomic E-state index is -2.18. The lowest BCUT2D eigenvalue weighted by Crippen LogP contribution is -2.52. The number of rotatable bonds is 6. The monoisotopic (exact) mass is 486 g/mol. The van der Waals surface area contributed by atoms with Gasteiger partial charge in [-0.15, -0.1) is 0 Å². The van der Waals surface area contributed by atoms with Crippen molar-refractivity contribution in [2.75, 3.05) is 0 Å². The van der Waals surface area contributed by atoms with E-state index in [9.17, 15) is 9.90 Å². The molecular formula is C25H50O5Si2. The number of aliphatic hydroxyl groups excluding tert-OH is 1. The van der Waals surface area contributed by atoms with Crippen LogP contribution in [0.5, 0.6) is 0 Å². The van der Waals surface area contributed by atoms with Gasteiger partial charge in [0, 0.05) is 5.92 Å². The average Bonchev–Trinajstić information content (AvgIpc) is 2.65. The highest BCUT2D eigenvalue weighted by atomic mass is 28.4. The zero-order chi connectivity index (χ0) is 25.4. The third kappa shape index (κ3) is 6.78. The Morgan fingerprint density at radius 2 is 1.47 bits per heavy atom. The van der Waals surface area contributed by atoms with Gasteiger partial charge in [0.25, 0.3) is 0 Å². The summed E-state index contributed by atoms with van der Waals surface area (Å²) in [7, 11) is -4.33. The van der Waals surface area contributed by atoms with E-state index in [2.05, 4.69) is 67.7 Å². The second-order valence-electron chi connectivity index (χ2n) is 13.0. The fraction of sp³-hybridized carbons (Fsp3) is 0.880. The van der Waals surface area contributed by atoms with Crippen molar-refractivity contribution < 1.29 is 23.5 Å². The van der Waals surface area contributed by atoms with E-state index in [1.165, 1.54) is 0 Å². The number of esters is 1. The quantitative estimate of drug-likeness (QED) is 0.271. The fourth-order valence-corrected chi connectivity index (χ4v) is 6.11. The van der Waals surface area contributed by atoms with Crippen LogP contribution in [0.4, 0.5) is 0 Å². The van der Waals surface area contributed by atoms with E-state index in [4.69, 9.17) is 13.6 Å². The SMILES string of the molecule is CC(C)=C[C@H](O[Si](C)(C)C(C)(C)C)C1OC(=O)[C@H](C)[C@@H](O[Si](C)(C)C(C)(C)C)[C@@H](C)[C@H]1O. The standard InChI is InChI=1S/C25H50O5Si2/c1-16(2)15-19(29-31(11,12)24(5,6)7)22-20(26)17(3)21(18(4)23(27)28-22)30-32(13,14)25(8,9)10/h15,17-22,26H,1-14H3/t17-,18+,19-,20+,21-,22?/m0/s1. The van der Waals surface area contributed by atoms with E-state index in [0.717, 1.165) is 5.57 Å². The molecule has 32 heavy (non-hydrogen) atoms. The van der Waals surface area contributed by atoms with E-state index in [0.29, 0.717) is 0 Å². The zero-order valence-corrected chi connectivity index (χ0v) is 25.1. The molecule has 1 heterocycles. The molecule has 0 aliphatic carbocycles. The van der Waals surface area contributed by atoms with Crippen LogP contribution in [0, 0.1) is 11.8 Å². The molecule has 1 N–H and O–H groups in total. The lowest BCUT2D eigenvalue weighted by molar-refractivity contribution is -0.162. The first kappa shape index (κ1) is 29.6. The maximum absolute atomic E-state index is 13.2. The van der Waals surface area contributed by atoms with Crippen LogP contribution in [0.15, 0.2) is 11.6 Å². The molecule has 5 nitrogen and oxygen atoms in total. The average molecular weight is 487 g/mol. The van der Waals surface area contributed by atoms with Crippen LogP contribution >= 0.6 is 0 Å². The van der Waals surface area contributed by atoms with Crippen molar-refractivity contribution >= 4 is 22.6 Å². The van der Waals surface area contributed by atoms with E-state index < -0.39 is 47.0 Å². The molecule has 0 amide bonds. The van der Waals surface area contributed by atoms with Gasteiger partial charge in [-0.1, -0.05) is 60.1 Å². The Morgan fingerprint density at radius 3 is 1.88 bits per heavy atom. The Hall–Kier alpha value is -0.476. The number of cyclic esters (lactones) is 1. The van der Waals surface area contributed by atoms with Gasteiger partial charge in [-0.2, -0.15) is 0 Å². The third-order valence-corrected chi connectivity index (χ3v) is 16.8. The molecule has 0 aromatic heterocycles. The minimum absolute atomic E-state index is 0.00302. The molecule has 1 fully saturated rings. The fourth-order valence-electron chi connectivity index (χ4n) is 3.42. The van der Waals surface area contributed by atoms with Crippen LogP contribution in [0.3, 0.4) is 0 Å². The molecule has 0 saturated carbocycles. The largest absolute Gasteiger partial charge is 0.456 e. The topological polar surface area (TPSA) is 65.0 Å².